The maximum Gasteiger partial charge on any atom is -1.00 e. The molecule has 0 saturated heterocycles. The number of aryl methyl sites for hydroxylation is 2. The molecule has 3 heteroatoms. The number of hydrogen-bond donors (Lipinski definition) is 0. The van der Waals surface area contributed by atoms with E-state index in [4.69, 9.17) is 0 Å². The van der Waals surface area contributed by atoms with Crippen molar-refractivity contribution >= 4 is 3.21 Å². The monoisotopic (exact) mass is 544 g/mol. The van der Waals surface area contributed by atoms with Crippen LogP contribution in [0.4, 0.5) is 0 Å². The van der Waals surface area contributed by atoms with Gasteiger partial charge in [-0.1, -0.05) is 0 Å². The summed E-state index contributed by atoms with van der Waals surface area (Å²) in [5.74, 6) is 0.630. The molecule has 2 aliphatic rings. The maximum atomic E-state index is 2.64. The van der Waals surface area contributed by atoms with E-state index in [1.807, 2.05) is 3.28 Å². The SMILES string of the molecule is CCC1C=C(C(C)(C)C)C=[C]1[Zr+2](=[C](C)C)[CH]1c2cc(C)ccc2-c2ccc(C)cc21.[Cl-].[Cl-]. The Labute approximate surface area is 215 Å². The predicted octanol–water partition coefficient (Wildman–Crippen LogP) is 2.11. The first-order chi connectivity index (χ1) is 14.1. The van der Waals surface area contributed by atoms with Crippen molar-refractivity contribution < 1.29 is 46.1 Å². The number of benzene rings is 2. The van der Waals surface area contributed by atoms with Crippen LogP contribution in [0.3, 0.4) is 0 Å². The van der Waals surface area contributed by atoms with Crippen molar-refractivity contribution in [2.45, 2.75) is 65.4 Å². The Hall–Kier alpha value is -0.747. The van der Waals surface area contributed by atoms with Crippen molar-refractivity contribution in [3.63, 3.8) is 0 Å². The molecule has 0 heterocycles. The van der Waals surface area contributed by atoms with E-state index in [0.717, 1.165) is 0 Å². The van der Waals surface area contributed by atoms with Gasteiger partial charge in [-0.15, -0.1) is 0 Å². The molecule has 1 atom stereocenters. The summed E-state index contributed by atoms with van der Waals surface area (Å²) in [7, 11) is 0. The maximum absolute atomic E-state index is 2.64. The molecule has 2 aromatic carbocycles. The standard InChI is InChI=1S/C15H13.C11H17.C3H6.2ClH.Zr/c1-10-3-5-14-12(7-10)9-13-8-11(2)4-6-15(13)14;1-5-9-6-7-10(8-9)11(2,3)4;1-3-2;;;/h3-9H,1-2H3;7-9H,5H2,1-4H3;1-2H3;2*1H;/q;;;;;+2/p-2. The fourth-order valence-electron chi connectivity index (χ4n) is 5.27. The molecule has 0 amide bonds. The van der Waals surface area contributed by atoms with Gasteiger partial charge in [0.05, 0.1) is 0 Å². The zero-order valence-electron chi connectivity index (χ0n) is 20.7. The van der Waals surface area contributed by atoms with E-state index in [-0.39, 0.29) is 30.2 Å². The second-order valence-electron chi connectivity index (χ2n) is 10.5. The first-order valence-corrected chi connectivity index (χ1v) is 15.3. The summed E-state index contributed by atoms with van der Waals surface area (Å²) in [5.41, 5.74) is 10.7. The third-order valence-corrected chi connectivity index (χ3v) is 15.3. The Balaban J connectivity index is 0.00000181. The summed E-state index contributed by atoms with van der Waals surface area (Å²) in [6.45, 7) is 18.8. The average Bonchev–Trinajstić information content (AvgIpc) is 3.21. The Morgan fingerprint density at radius 1 is 0.875 bits per heavy atom. The molecule has 0 aliphatic heterocycles. The minimum Gasteiger partial charge on any atom is -1.00 e. The summed E-state index contributed by atoms with van der Waals surface area (Å²) in [5, 5.41) is 0. The van der Waals surface area contributed by atoms with E-state index >= 15 is 0 Å². The van der Waals surface area contributed by atoms with Crippen LogP contribution in [0.25, 0.3) is 11.1 Å². The predicted molar refractivity (Wildman–Crippen MR) is 129 cm³/mol. The largest absolute Gasteiger partial charge is 1.00 e. The summed E-state index contributed by atoms with van der Waals surface area (Å²) >= 11 is -2.15. The van der Waals surface area contributed by atoms with E-state index in [9.17, 15) is 0 Å². The molecule has 0 nitrogen and oxygen atoms in total. The molecule has 0 aromatic heterocycles. The van der Waals surface area contributed by atoms with E-state index in [1.165, 1.54) is 28.7 Å². The minimum absolute atomic E-state index is 0. The Kier molecular flexibility index (Phi) is 8.81. The van der Waals surface area contributed by atoms with Gasteiger partial charge in [0.25, 0.3) is 0 Å². The number of rotatable bonds is 3. The molecular formula is C29H36Cl2Zr. The van der Waals surface area contributed by atoms with Crippen molar-refractivity contribution in [3.05, 3.63) is 79.7 Å². The molecule has 0 spiro atoms. The molecule has 0 saturated carbocycles. The summed E-state index contributed by atoms with van der Waals surface area (Å²) in [6.07, 6.45) is 6.46. The normalized spacial score (nSPS) is 16.7. The van der Waals surface area contributed by atoms with Gasteiger partial charge in [0, 0.05) is 0 Å². The Morgan fingerprint density at radius 2 is 1.38 bits per heavy atom. The Morgan fingerprint density at radius 3 is 1.78 bits per heavy atom. The molecule has 32 heavy (non-hydrogen) atoms. The molecule has 1 unspecified atom stereocenters. The van der Waals surface area contributed by atoms with E-state index < -0.39 is 21.3 Å². The first-order valence-electron chi connectivity index (χ1n) is 11.4. The van der Waals surface area contributed by atoms with Gasteiger partial charge in [0.15, 0.2) is 0 Å². The van der Waals surface area contributed by atoms with Crippen LogP contribution >= 0.6 is 0 Å². The molecule has 2 aliphatic carbocycles. The van der Waals surface area contributed by atoms with Gasteiger partial charge in [0.2, 0.25) is 0 Å². The molecule has 0 radical (unpaired) electrons. The van der Waals surface area contributed by atoms with Crippen molar-refractivity contribution in [3.8, 4) is 11.1 Å². The second kappa shape index (κ2) is 10.3. The zero-order chi connectivity index (χ0) is 21.8. The summed E-state index contributed by atoms with van der Waals surface area (Å²) in [4.78, 5) is 0. The van der Waals surface area contributed by atoms with E-state index in [1.54, 1.807) is 19.9 Å². The molecular weight excluding hydrogens is 510 g/mol. The van der Waals surface area contributed by atoms with Gasteiger partial charge in [-0.2, -0.15) is 0 Å². The Bertz CT molecular complexity index is 1060. The van der Waals surface area contributed by atoms with Crippen molar-refractivity contribution in [2.24, 2.45) is 11.3 Å². The van der Waals surface area contributed by atoms with Gasteiger partial charge in [-0.05, 0) is 0 Å². The van der Waals surface area contributed by atoms with Crippen molar-refractivity contribution in [1.29, 1.82) is 0 Å². The number of hydrogen-bond acceptors (Lipinski definition) is 0. The molecule has 0 fully saturated rings. The van der Waals surface area contributed by atoms with Gasteiger partial charge in [0.1, 0.15) is 0 Å². The summed E-state index contributed by atoms with van der Waals surface area (Å²) < 4.78 is 4.14. The first kappa shape index (κ1) is 27.5. The van der Waals surface area contributed by atoms with Crippen molar-refractivity contribution in [2.75, 3.05) is 0 Å². The average molecular weight is 547 g/mol. The van der Waals surface area contributed by atoms with Gasteiger partial charge >= 0.3 is 192 Å². The van der Waals surface area contributed by atoms with E-state index in [0.29, 0.717) is 9.54 Å². The number of allylic oxidation sites excluding steroid dienone is 4. The van der Waals surface area contributed by atoms with Crippen LogP contribution in [0.15, 0.2) is 57.4 Å². The molecule has 4 rings (SSSR count). The van der Waals surface area contributed by atoms with Crippen LogP contribution in [-0.4, -0.2) is 3.21 Å². The van der Waals surface area contributed by atoms with Gasteiger partial charge in [-0.25, -0.2) is 0 Å². The topological polar surface area (TPSA) is 0 Å². The summed E-state index contributed by atoms with van der Waals surface area (Å²) in [6, 6.07) is 14.3. The van der Waals surface area contributed by atoms with Gasteiger partial charge < -0.3 is 24.8 Å². The zero-order valence-corrected chi connectivity index (χ0v) is 24.7. The van der Waals surface area contributed by atoms with Crippen LogP contribution in [-0.2, 0) is 21.3 Å². The van der Waals surface area contributed by atoms with Crippen LogP contribution in [0, 0.1) is 25.2 Å². The van der Waals surface area contributed by atoms with Gasteiger partial charge in [-0.3, -0.25) is 0 Å². The van der Waals surface area contributed by atoms with Crippen LogP contribution in [0.5, 0.6) is 0 Å². The smallest absolute Gasteiger partial charge is 1.00 e. The van der Waals surface area contributed by atoms with E-state index in [2.05, 4.69) is 104 Å². The third-order valence-electron chi connectivity index (χ3n) is 6.86. The minimum atomic E-state index is -2.15. The third kappa shape index (κ3) is 4.87. The quantitative estimate of drug-likeness (QED) is 0.554. The fourth-order valence-corrected chi connectivity index (χ4v) is 14.1. The molecule has 2 aromatic rings. The van der Waals surface area contributed by atoms with Crippen LogP contribution in [0.1, 0.15) is 73.8 Å². The van der Waals surface area contributed by atoms with Crippen molar-refractivity contribution in [1.82, 2.24) is 0 Å². The van der Waals surface area contributed by atoms with Crippen LogP contribution < -0.4 is 24.8 Å². The van der Waals surface area contributed by atoms with Crippen LogP contribution in [0.2, 0.25) is 0 Å². The fraction of sp³-hybridized carbons (Fsp3) is 0.414. The molecule has 0 bridgehead atoms. The number of halogens is 2. The molecule has 0 N–H and O–H groups in total. The molecule has 170 valence electrons. The second-order valence-corrected chi connectivity index (χ2v) is 17.8. The number of fused-ring (bicyclic) bond motifs is 3.